The van der Waals surface area contributed by atoms with Gasteiger partial charge in [-0.25, -0.2) is 5.43 Å². The number of hydrazone groups is 1. The number of pyridine rings is 1. The molecule has 1 N–H and O–H groups in total. The summed E-state index contributed by atoms with van der Waals surface area (Å²) < 4.78 is 5.36. The van der Waals surface area contributed by atoms with Gasteiger partial charge in [-0.15, -0.1) is 0 Å². The van der Waals surface area contributed by atoms with Crippen LogP contribution in [0.5, 0.6) is 5.75 Å². The van der Waals surface area contributed by atoms with E-state index in [0.717, 1.165) is 11.1 Å². The monoisotopic (exact) mass is 269 g/mol. The molecule has 1 heterocycles. The molecule has 1 aromatic heterocycles. The summed E-state index contributed by atoms with van der Waals surface area (Å²) >= 11 is 0. The Morgan fingerprint density at radius 1 is 1.35 bits per heavy atom. The molecule has 1 amide bonds. The Kier molecular flexibility index (Phi) is 4.83. The summed E-state index contributed by atoms with van der Waals surface area (Å²) in [6.45, 7) is 1.89. The molecular formula is C15H15N3O2. The first kappa shape index (κ1) is 13.7. The summed E-state index contributed by atoms with van der Waals surface area (Å²) in [5, 5.41) is 3.84. The fourth-order valence-corrected chi connectivity index (χ4v) is 1.51. The minimum Gasteiger partial charge on any atom is -0.484 e. The second-order valence-electron chi connectivity index (χ2n) is 4.18. The number of ether oxygens (including phenoxy) is 1. The molecule has 0 unspecified atom stereocenters. The van der Waals surface area contributed by atoms with Gasteiger partial charge in [0.2, 0.25) is 0 Å². The van der Waals surface area contributed by atoms with E-state index in [0.29, 0.717) is 5.75 Å². The van der Waals surface area contributed by atoms with Crippen LogP contribution in [0.3, 0.4) is 0 Å². The van der Waals surface area contributed by atoms with Crippen molar-refractivity contribution < 1.29 is 9.53 Å². The average molecular weight is 269 g/mol. The zero-order valence-electron chi connectivity index (χ0n) is 11.1. The molecular weight excluding hydrogens is 254 g/mol. The predicted molar refractivity (Wildman–Crippen MR) is 76.6 cm³/mol. The molecule has 0 fully saturated rings. The minimum atomic E-state index is -0.309. The van der Waals surface area contributed by atoms with Crippen LogP contribution in [0, 0.1) is 6.92 Å². The van der Waals surface area contributed by atoms with E-state index in [2.05, 4.69) is 15.5 Å². The number of benzene rings is 1. The molecule has 0 saturated carbocycles. The number of carbonyl (C=O) groups excluding carboxylic acids is 1. The van der Waals surface area contributed by atoms with Crippen LogP contribution in [-0.2, 0) is 4.79 Å². The first-order valence-electron chi connectivity index (χ1n) is 6.15. The maximum atomic E-state index is 11.5. The molecule has 5 nitrogen and oxygen atoms in total. The van der Waals surface area contributed by atoms with Gasteiger partial charge in [0, 0.05) is 12.4 Å². The molecule has 2 aromatic rings. The van der Waals surface area contributed by atoms with E-state index in [9.17, 15) is 4.79 Å². The summed E-state index contributed by atoms with van der Waals surface area (Å²) in [5.74, 6) is 0.357. The summed E-state index contributed by atoms with van der Waals surface area (Å²) in [7, 11) is 0. The van der Waals surface area contributed by atoms with Gasteiger partial charge in [0.1, 0.15) is 5.75 Å². The van der Waals surface area contributed by atoms with Crippen LogP contribution in [-0.4, -0.2) is 23.7 Å². The van der Waals surface area contributed by atoms with Gasteiger partial charge in [0.25, 0.3) is 5.91 Å². The number of nitrogens with one attached hydrogen (secondary N) is 1. The molecule has 102 valence electrons. The second kappa shape index (κ2) is 7.04. The molecule has 0 aliphatic rings. The molecule has 20 heavy (non-hydrogen) atoms. The van der Waals surface area contributed by atoms with Crippen molar-refractivity contribution in [3.05, 3.63) is 59.9 Å². The number of rotatable bonds is 5. The Labute approximate surface area is 117 Å². The predicted octanol–water partition coefficient (Wildman–Crippen LogP) is 1.92. The smallest absolute Gasteiger partial charge is 0.277 e. The van der Waals surface area contributed by atoms with Crippen molar-refractivity contribution in [1.82, 2.24) is 10.4 Å². The van der Waals surface area contributed by atoms with Crippen molar-refractivity contribution in [2.45, 2.75) is 6.92 Å². The van der Waals surface area contributed by atoms with Gasteiger partial charge in [0.15, 0.2) is 6.61 Å². The lowest BCUT2D eigenvalue weighted by Gasteiger charge is -2.05. The molecule has 1 aromatic carbocycles. The lowest BCUT2D eigenvalue weighted by Crippen LogP contribution is -2.24. The van der Waals surface area contributed by atoms with E-state index in [1.807, 2.05) is 25.1 Å². The molecule has 0 aliphatic heterocycles. The van der Waals surface area contributed by atoms with Crippen LogP contribution in [0.1, 0.15) is 11.1 Å². The first-order valence-corrected chi connectivity index (χ1v) is 6.15. The van der Waals surface area contributed by atoms with E-state index in [4.69, 9.17) is 4.74 Å². The number of amides is 1. The molecule has 0 bridgehead atoms. The van der Waals surface area contributed by atoms with Crippen molar-refractivity contribution in [2.75, 3.05) is 6.61 Å². The number of nitrogens with zero attached hydrogens (tertiary/aromatic N) is 2. The summed E-state index contributed by atoms with van der Waals surface area (Å²) in [5.41, 5.74) is 4.34. The highest BCUT2D eigenvalue weighted by Crippen LogP contribution is 2.11. The Morgan fingerprint density at radius 3 is 2.90 bits per heavy atom. The highest BCUT2D eigenvalue weighted by Gasteiger charge is 2.01. The number of aromatic nitrogens is 1. The van der Waals surface area contributed by atoms with Crippen molar-refractivity contribution in [3.63, 3.8) is 0 Å². The fraction of sp³-hybridized carbons (Fsp3) is 0.133. The van der Waals surface area contributed by atoms with Crippen molar-refractivity contribution in [1.29, 1.82) is 0 Å². The van der Waals surface area contributed by atoms with E-state index in [1.54, 1.807) is 36.8 Å². The van der Waals surface area contributed by atoms with Gasteiger partial charge in [-0.1, -0.05) is 12.1 Å². The Bertz CT molecular complexity index is 597. The van der Waals surface area contributed by atoms with Crippen molar-refractivity contribution in [3.8, 4) is 5.75 Å². The number of carbonyl (C=O) groups is 1. The highest BCUT2D eigenvalue weighted by molar-refractivity contribution is 5.82. The maximum Gasteiger partial charge on any atom is 0.277 e. The van der Waals surface area contributed by atoms with Crippen molar-refractivity contribution >= 4 is 12.1 Å². The molecule has 0 atom stereocenters. The Hall–Kier alpha value is -2.69. The van der Waals surface area contributed by atoms with Gasteiger partial charge in [-0.2, -0.15) is 5.10 Å². The standard InChI is InChI=1S/C15H15N3O2/c1-12-3-2-4-14(9-12)20-11-15(19)18-17-10-13-5-7-16-8-6-13/h2-10H,11H2,1H3,(H,18,19)/b17-10+. The van der Waals surface area contributed by atoms with Gasteiger partial charge >= 0.3 is 0 Å². The molecule has 0 spiro atoms. The average Bonchev–Trinajstić information content (AvgIpc) is 2.46. The normalized spacial score (nSPS) is 10.4. The molecule has 0 saturated heterocycles. The third kappa shape index (κ3) is 4.53. The molecule has 5 heteroatoms. The quantitative estimate of drug-likeness (QED) is 0.666. The fourth-order valence-electron chi connectivity index (χ4n) is 1.51. The minimum absolute atomic E-state index is 0.0723. The number of hydrogen-bond acceptors (Lipinski definition) is 4. The SMILES string of the molecule is Cc1cccc(OCC(=O)N/N=C/c2ccncc2)c1. The van der Waals surface area contributed by atoms with Crippen LogP contribution < -0.4 is 10.2 Å². The van der Waals surface area contributed by atoms with E-state index < -0.39 is 0 Å². The number of hydrogen-bond donors (Lipinski definition) is 1. The van der Waals surface area contributed by atoms with Crippen LogP contribution in [0.25, 0.3) is 0 Å². The second-order valence-corrected chi connectivity index (χ2v) is 4.18. The van der Waals surface area contributed by atoms with E-state index in [1.165, 1.54) is 0 Å². The zero-order chi connectivity index (χ0) is 14.2. The van der Waals surface area contributed by atoms with Crippen LogP contribution in [0.15, 0.2) is 53.9 Å². The summed E-state index contributed by atoms with van der Waals surface area (Å²) in [6, 6.07) is 11.1. The van der Waals surface area contributed by atoms with Gasteiger partial charge in [0.05, 0.1) is 6.21 Å². The van der Waals surface area contributed by atoms with Gasteiger partial charge in [-0.05, 0) is 42.3 Å². The summed E-state index contributed by atoms with van der Waals surface area (Å²) in [6.07, 6.45) is 4.86. The largest absolute Gasteiger partial charge is 0.484 e. The van der Waals surface area contributed by atoms with Gasteiger partial charge in [-0.3, -0.25) is 9.78 Å². The highest BCUT2D eigenvalue weighted by atomic mass is 16.5. The van der Waals surface area contributed by atoms with Crippen molar-refractivity contribution in [2.24, 2.45) is 5.10 Å². The van der Waals surface area contributed by atoms with Gasteiger partial charge < -0.3 is 4.74 Å². The Morgan fingerprint density at radius 2 is 2.15 bits per heavy atom. The third-order valence-corrected chi connectivity index (χ3v) is 2.47. The molecule has 2 rings (SSSR count). The lowest BCUT2D eigenvalue weighted by molar-refractivity contribution is -0.123. The van der Waals surface area contributed by atoms with Crippen LogP contribution >= 0.6 is 0 Å². The number of aryl methyl sites for hydroxylation is 1. The van der Waals surface area contributed by atoms with E-state index in [-0.39, 0.29) is 12.5 Å². The third-order valence-electron chi connectivity index (χ3n) is 2.47. The first-order chi connectivity index (χ1) is 9.74. The molecule has 0 radical (unpaired) electrons. The van der Waals surface area contributed by atoms with E-state index >= 15 is 0 Å². The lowest BCUT2D eigenvalue weighted by atomic mass is 10.2. The summed E-state index contributed by atoms with van der Waals surface area (Å²) in [4.78, 5) is 15.4. The molecule has 0 aliphatic carbocycles. The Balaban J connectivity index is 1.77. The zero-order valence-corrected chi connectivity index (χ0v) is 11.1. The van der Waals surface area contributed by atoms with Crippen LogP contribution in [0.4, 0.5) is 0 Å². The van der Waals surface area contributed by atoms with Crippen LogP contribution in [0.2, 0.25) is 0 Å². The maximum absolute atomic E-state index is 11.5. The topological polar surface area (TPSA) is 63.6 Å².